The maximum atomic E-state index is 13.5. The number of aromatic nitrogens is 2. The van der Waals surface area contributed by atoms with Crippen LogP contribution < -0.4 is 4.74 Å². The molecule has 2 aliphatic rings. The van der Waals surface area contributed by atoms with Crippen LogP contribution in [0.4, 0.5) is 0 Å². The molecule has 0 radical (unpaired) electrons. The summed E-state index contributed by atoms with van der Waals surface area (Å²) in [6, 6.07) is 14.2. The van der Waals surface area contributed by atoms with Crippen molar-refractivity contribution >= 4 is 55.4 Å². The summed E-state index contributed by atoms with van der Waals surface area (Å²) in [6.07, 6.45) is 6.47. The van der Waals surface area contributed by atoms with Gasteiger partial charge in [-0.1, -0.05) is 30.4 Å². The quantitative estimate of drug-likeness (QED) is 0.292. The van der Waals surface area contributed by atoms with E-state index in [4.69, 9.17) is 4.74 Å². The van der Waals surface area contributed by atoms with Crippen LogP contribution in [0.5, 0.6) is 5.75 Å². The second kappa shape index (κ2) is 6.25. The third-order valence-corrected chi connectivity index (χ3v) is 7.26. The molecular weight excluding hydrogens is 414 g/mol. The lowest BCUT2D eigenvalue weighted by Crippen LogP contribution is -2.24. The van der Waals surface area contributed by atoms with Crippen LogP contribution in [0.2, 0.25) is 0 Å². The minimum atomic E-state index is -0.254. The van der Waals surface area contributed by atoms with Gasteiger partial charge in [-0.2, -0.15) is 0 Å². The number of carbonyl (C=O) groups is 2. The average molecular weight is 435 g/mol. The summed E-state index contributed by atoms with van der Waals surface area (Å²) >= 11 is 0. The van der Waals surface area contributed by atoms with Gasteiger partial charge in [0.15, 0.2) is 0 Å². The van der Waals surface area contributed by atoms with E-state index in [1.807, 2.05) is 36.4 Å². The average Bonchev–Trinajstić information content (AvgIpc) is 3.60. The van der Waals surface area contributed by atoms with Crippen molar-refractivity contribution in [3.05, 3.63) is 65.7 Å². The number of imide groups is 1. The predicted octanol–water partition coefficient (Wildman–Crippen LogP) is 5.55. The van der Waals surface area contributed by atoms with Crippen molar-refractivity contribution in [2.45, 2.75) is 18.9 Å². The van der Waals surface area contributed by atoms with Crippen molar-refractivity contribution in [2.75, 3.05) is 14.2 Å². The molecule has 2 aromatic heterocycles. The number of fused-ring (bicyclic) bond motifs is 10. The van der Waals surface area contributed by atoms with E-state index >= 15 is 0 Å². The number of aromatic amines is 1. The van der Waals surface area contributed by atoms with Gasteiger partial charge >= 0.3 is 0 Å². The Morgan fingerprint density at radius 1 is 1.00 bits per heavy atom. The number of H-pyrrole nitrogens is 1. The standard InChI is InChI=1S/C27H21N3O3/c1-29-26(31)22-20-16-9-5-6-10-18(16)28-24(20)25-21(23(22)27(29)32)17-13-15(33-2)11-12-19(17)30(25)14-7-3-4-8-14/h3,5-7,9-14,28H,4,8H2,1-2H3. The molecule has 0 fully saturated rings. The van der Waals surface area contributed by atoms with Gasteiger partial charge in [0.05, 0.1) is 40.8 Å². The topological polar surface area (TPSA) is 67.3 Å². The summed E-state index contributed by atoms with van der Waals surface area (Å²) in [5.41, 5.74) is 4.84. The smallest absolute Gasteiger partial charge is 0.262 e. The maximum absolute atomic E-state index is 13.5. The number of ether oxygens (including phenoxy) is 1. The number of hydrogen-bond acceptors (Lipinski definition) is 3. The first-order valence-corrected chi connectivity index (χ1v) is 11.2. The van der Waals surface area contributed by atoms with E-state index in [0.29, 0.717) is 11.1 Å². The minimum absolute atomic E-state index is 0.177. The molecule has 0 bridgehead atoms. The van der Waals surface area contributed by atoms with Gasteiger partial charge in [0, 0.05) is 34.1 Å². The molecule has 2 amide bonds. The highest BCUT2D eigenvalue weighted by Gasteiger charge is 2.40. The minimum Gasteiger partial charge on any atom is -0.497 e. The molecular formula is C27H21N3O3. The SMILES string of the molecule is COc1ccc2c(c1)c1c3c(c4c5ccccc5[nH]c4c1n2C1C=CCC1)C(=O)N(C)C3=O. The number of rotatable bonds is 2. The van der Waals surface area contributed by atoms with E-state index in [1.54, 1.807) is 14.2 Å². The molecule has 1 aliphatic heterocycles. The normalized spacial score (nSPS) is 18.0. The Bertz CT molecular complexity index is 1720. The van der Waals surface area contributed by atoms with E-state index in [2.05, 4.69) is 27.8 Å². The lowest BCUT2D eigenvalue weighted by atomic mass is 9.96. The van der Waals surface area contributed by atoms with E-state index in [0.717, 1.165) is 62.2 Å². The number of nitrogens with one attached hydrogen (secondary N) is 1. The molecule has 1 aliphatic carbocycles. The van der Waals surface area contributed by atoms with E-state index in [9.17, 15) is 9.59 Å². The van der Waals surface area contributed by atoms with Crippen LogP contribution in [-0.4, -0.2) is 40.4 Å². The lowest BCUT2D eigenvalue weighted by Gasteiger charge is -2.15. The first-order valence-electron chi connectivity index (χ1n) is 11.2. The summed E-state index contributed by atoms with van der Waals surface area (Å²) in [5, 5.41) is 3.53. The van der Waals surface area contributed by atoms with Gasteiger partial charge in [-0.15, -0.1) is 0 Å². The number of nitrogens with zero attached hydrogens (tertiary/aromatic N) is 2. The molecule has 1 N–H and O–H groups in total. The molecule has 5 aromatic rings. The van der Waals surface area contributed by atoms with Gasteiger partial charge in [0.1, 0.15) is 5.75 Å². The number of hydrogen-bond donors (Lipinski definition) is 1. The zero-order valence-electron chi connectivity index (χ0n) is 18.3. The first kappa shape index (κ1) is 18.5. The van der Waals surface area contributed by atoms with Crippen LogP contribution in [0.15, 0.2) is 54.6 Å². The molecule has 0 saturated heterocycles. The Morgan fingerprint density at radius 3 is 2.55 bits per heavy atom. The van der Waals surface area contributed by atoms with Gasteiger partial charge < -0.3 is 14.3 Å². The maximum Gasteiger partial charge on any atom is 0.262 e. The molecule has 1 atom stereocenters. The highest BCUT2D eigenvalue weighted by molar-refractivity contribution is 6.39. The second-order valence-electron chi connectivity index (χ2n) is 8.89. The van der Waals surface area contributed by atoms with E-state index < -0.39 is 0 Å². The van der Waals surface area contributed by atoms with Crippen LogP contribution in [0.3, 0.4) is 0 Å². The predicted molar refractivity (Wildman–Crippen MR) is 129 cm³/mol. The summed E-state index contributed by atoms with van der Waals surface area (Å²) in [4.78, 5) is 31.7. The van der Waals surface area contributed by atoms with Crippen LogP contribution in [0, 0.1) is 0 Å². The van der Waals surface area contributed by atoms with Gasteiger partial charge in [-0.05, 0) is 37.1 Å². The third-order valence-electron chi connectivity index (χ3n) is 7.26. The highest BCUT2D eigenvalue weighted by Crippen LogP contribution is 2.47. The van der Waals surface area contributed by atoms with E-state index in [1.165, 1.54) is 4.90 Å². The number of allylic oxidation sites excluding steroid dienone is 2. The number of benzene rings is 3. The highest BCUT2D eigenvalue weighted by atomic mass is 16.5. The molecule has 162 valence electrons. The molecule has 6 heteroatoms. The number of carbonyl (C=O) groups excluding carboxylic acids is 2. The van der Waals surface area contributed by atoms with Crippen molar-refractivity contribution in [2.24, 2.45) is 0 Å². The van der Waals surface area contributed by atoms with E-state index in [-0.39, 0.29) is 17.9 Å². The van der Waals surface area contributed by atoms with Gasteiger partial charge in [-0.25, -0.2) is 0 Å². The summed E-state index contributed by atoms with van der Waals surface area (Å²) in [5.74, 6) is 0.214. The molecule has 33 heavy (non-hydrogen) atoms. The first-order chi connectivity index (χ1) is 16.1. The Labute approximate surface area is 189 Å². The van der Waals surface area contributed by atoms with Crippen LogP contribution in [-0.2, 0) is 0 Å². The Kier molecular flexibility index (Phi) is 3.51. The van der Waals surface area contributed by atoms with Crippen molar-refractivity contribution < 1.29 is 14.3 Å². The van der Waals surface area contributed by atoms with Crippen molar-refractivity contribution in [3.8, 4) is 5.75 Å². The Balaban J connectivity index is 1.82. The van der Waals surface area contributed by atoms with Crippen molar-refractivity contribution in [1.29, 1.82) is 0 Å². The number of amides is 2. The van der Waals surface area contributed by atoms with Crippen LogP contribution in [0.1, 0.15) is 39.6 Å². The molecule has 3 aromatic carbocycles. The van der Waals surface area contributed by atoms with Crippen molar-refractivity contribution in [3.63, 3.8) is 0 Å². The fourth-order valence-corrected chi connectivity index (χ4v) is 5.78. The van der Waals surface area contributed by atoms with Gasteiger partial charge in [0.2, 0.25) is 0 Å². The third kappa shape index (κ3) is 2.18. The summed E-state index contributed by atoms with van der Waals surface area (Å²) < 4.78 is 7.87. The van der Waals surface area contributed by atoms with Crippen LogP contribution >= 0.6 is 0 Å². The molecule has 0 saturated carbocycles. The molecule has 0 spiro atoms. The largest absolute Gasteiger partial charge is 0.497 e. The summed E-state index contributed by atoms with van der Waals surface area (Å²) in [6.45, 7) is 0. The summed E-state index contributed by atoms with van der Waals surface area (Å²) in [7, 11) is 3.21. The molecule has 7 rings (SSSR count). The zero-order chi connectivity index (χ0) is 22.4. The van der Waals surface area contributed by atoms with Crippen LogP contribution in [0.25, 0.3) is 43.6 Å². The second-order valence-corrected chi connectivity index (χ2v) is 8.89. The molecule has 6 nitrogen and oxygen atoms in total. The van der Waals surface area contributed by atoms with Gasteiger partial charge in [-0.3, -0.25) is 14.5 Å². The number of para-hydroxylation sites is 1. The molecule has 3 heterocycles. The lowest BCUT2D eigenvalue weighted by molar-refractivity contribution is 0.0694. The fraction of sp³-hybridized carbons (Fsp3) is 0.185. The van der Waals surface area contributed by atoms with Crippen molar-refractivity contribution in [1.82, 2.24) is 14.5 Å². The fourth-order valence-electron chi connectivity index (χ4n) is 5.78. The Hall–Kier alpha value is -4.06. The monoisotopic (exact) mass is 435 g/mol. The number of methoxy groups -OCH3 is 1. The molecule has 1 unspecified atom stereocenters. The zero-order valence-corrected chi connectivity index (χ0v) is 18.3. The Morgan fingerprint density at radius 2 is 1.79 bits per heavy atom. The van der Waals surface area contributed by atoms with Gasteiger partial charge in [0.25, 0.3) is 11.8 Å².